The third-order valence-corrected chi connectivity index (χ3v) is 2.77. The molecule has 0 bridgehead atoms. The van der Waals surface area contributed by atoms with E-state index in [4.69, 9.17) is 9.47 Å². The van der Waals surface area contributed by atoms with Gasteiger partial charge in [0.25, 0.3) is 0 Å². The Kier molecular flexibility index (Phi) is 4.37. The minimum atomic E-state index is 0.201. The summed E-state index contributed by atoms with van der Waals surface area (Å²) in [6.07, 6.45) is 3.65. The second-order valence-electron chi connectivity index (χ2n) is 4.18. The molecular formula is C14H19O2. The zero-order valence-corrected chi connectivity index (χ0v) is 9.60. The van der Waals surface area contributed by atoms with Crippen LogP contribution in [0.3, 0.4) is 0 Å². The van der Waals surface area contributed by atoms with Gasteiger partial charge >= 0.3 is 0 Å². The summed E-state index contributed by atoms with van der Waals surface area (Å²) in [6, 6.07) is 10.4. The number of hydrogen-bond acceptors (Lipinski definition) is 2. The number of benzene rings is 1. The van der Waals surface area contributed by atoms with Crippen molar-refractivity contribution in [1.82, 2.24) is 0 Å². The third-order valence-electron chi connectivity index (χ3n) is 2.77. The first-order valence-electron chi connectivity index (χ1n) is 5.97. The molecule has 1 aliphatic heterocycles. The molecule has 1 saturated heterocycles. The fraction of sp³-hybridized carbons (Fsp3) is 0.500. The highest BCUT2D eigenvalue weighted by molar-refractivity contribution is 5.17. The molecule has 1 aromatic carbocycles. The van der Waals surface area contributed by atoms with Crippen molar-refractivity contribution in [3.8, 4) is 0 Å². The Balaban J connectivity index is 1.89. The second kappa shape index (κ2) is 6.02. The lowest BCUT2D eigenvalue weighted by atomic mass is 10.0. The van der Waals surface area contributed by atoms with Crippen LogP contribution >= 0.6 is 0 Å². The summed E-state index contributed by atoms with van der Waals surface area (Å²) >= 11 is 0. The van der Waals surface area contributed by atoms with Crippen LogP contribution in [0.4, 0.5) is 0 Å². The van der Waals surface area contributed by atoms with Gasteiger partial charge in [-0.1, -0.05) is 50.1 Å². The van der Waals surface area contributed by atoms with Crippen LogP contribution in [0, 0.1) is 6.92 Å². The van der Waals surface area contributed by atoms with Gasteiger partial charge in [0.1, 0.15) is 6.10 Å². The number of epoxide rings is 1. The number of ether oxygens (including phenoxy) is 2. The Morgan fingerprint density at radius 2 is 2.12 bits per heavy atom. The highest BCUT2D eigenvalue weighted by Gasteiger charge is 2.24. The average molecular weight is 219 g/mol. The van der Waals surface area contributed by atoms with Crippen molar-refractivity contribution in [2.75, 3.05) is 13.2 Å². The van der Waals surface area contributed by atoms with E-state index in [1.165, 1.54) is 5.56 Å². The van der Waals surface area contributed by atoms with Gasteiger partial charge in [-0.3, -0.25) is 0 Å². The van der Waals surface area contributed by atoms with E-state index in [1.54, 1.807) is 0 Å². The molecule has 2 nitrogen and oxygen atoms in total. The van der Waals surface area contributed by atoms with Crippen LogP contribution in [0.1, 0.15) is 30.9 Å². The molecule has 0 aromatic heterocycles. The Labute approximate surface area is 97.6 Å². The fourth-order valence-electron chi connectivity index (χ4n) is 1.73. The Morgan fingerprint density at radius 1 is 1.38 bits per heavy atom. The molecule has 2 unspecified atom stereocenters. The van der Waals surface area contributed by atoms with Gasteiger partial charge in [0.15, 0.2) is 0 Å². The van der Waals surface area contributed by atoms with E-state index in [2.05, 4.69) is 31.2 Å². The van der Waals surface area contributed by atoms with Crippen LogP contribution in [-0.2, 0) is 9.47 Å². The molecular weight excluding hydrogens is 200 g/mol. The summed E-state index contributed by atoms with van der Waals surface area (Å²) in [5.74, 6) is 0. The zero-order valence-electron chi connectivity index (χ0n) is 9.60. The summed E-state index contributed by atoms with van der Waals surface area (Å²) in [4.78, 5) is 0. The molecule has 0 aliphatic carbocycles. The molecule has 0 amide bonds. The first kappa shape index (κ1) is 11.6. The van der Waals surface area contributed by atoms with Crippen molar-refractivity contribution in [2.45, 2.75) is 31.5 Å². The van der Waals surface area contributed by atoms with Crippen LogP contribution in [0.25, 0.3) is 0 Å². The maximum atomic E-state index is 5.90. The molecule has 1 heterocycles. The summed E-state index contributed by atoms with van der Waals surface area (Å²) in [6.45, 7) is 5.46. The SMILES string of the molecule is [CH2]CCCC(OCC1CO1)c1ccccc1. The van der Waals surface area contributed by atoms with Crippen LogP contribution in [-0.4, -0.2) is 19.3 Å². The molecule has 0 N–H and O–H groups in total. The lowest BCUT2D eigenvalue weighted by Gasteiger charge is -2.17. The lowest BCUT2D eigenvalue weighted by Crippen LogP contribution is -2.09. The topological polar surface area (TPSA) is 21.8 Å². The van der Waals surface area contributed by atoms with Gasteiger partial charge in [0, 0.05) is 0 Å². The van der Waals surface area contributed by atoms with Gasteiger partial charge in [-0.25, -0.2) is 0 Å². The molecule has 2 heteroatoms. The average Bonchev–Trinajstić information content (AvgIpc) is 3.14. The van der Waals surface area contributed by atoms with E-state index >= 15 is 0 Å². The summed E-state index contributed by atoms with van der Waals surface area (Å²) in [7, 11) is 0. The van der Waals surface area contributed by atoms with E-state index in [0.717, 1.165) is 32.5 Å². The predicted molar refractivity (Wildman–Crippen MR) is 64.1 cm³/mol. The molecule has 1 aliphatic rings. The van der Waals surface area contributed by atoms with E-state index in [1.807, 2.05) is 6.07 Å². The second-order valence-corrected chi connectivity index (χ2v) is 4.18. The van der Waals surface area contributed by atoms with Gasteiger partial charge in [0.05, 0.1) is 19.3 Å². The van der Waals surface area contributed by atoms with Crippen molar-refractivity contribution in [2.24, 2.45) is 0 Å². The monoisotopic (exact) mass is 219 g/mol. The third kappa shape index (κ3) is 3.62. The van der Waals surface area contributed by atoms with Crippen LogP contribution in [0.15, 0.2) is 30.3 Å². The van der Waals surface area contributed by atoms with Crippen molar-refractivity contribution in [3.63, 3.8) is 0 Å². The molecule has 1 radical (unpaired) electrons. The molecule has 2 atom stereocenters. The fourth-order valence-corrected chi connectivity index (χ4v) is 1.73. The van der Waals surface area contributed by atoms with E-state index < -0.39 is 0 Å². The molecule has 1 fully saturated rings. The maximum Gasteiger partial charge on any atom is 0.104 e. The van der Waals surface area contributed by atoms with E-state index in [-0.39, 0.29) is 6.10 Å². The first-order valence-corrected chi connectivity index (χ1v) is 5.97. The van der Waals surface area contributed by atoms with Crippen LogP contribution < -0.4 is 0 Å². The Bertz CT molecular complexity index is 293. The van der Waals surface area contributed by atoms with Crippen LogP contribution in [0.2, 0.25) is 0 Å². The molecule has 1 aromatic rings. The van der Waals surface area contributed by atoms with Crippen molar-refractivity contribution >= 4 is 0 Å². The number of unbranched alkanes of at least 4 members (excludes halogenated alkanes) is 1. The highest BCUT2D eigenvalue weighted by atomic mass is 16.6. The summed E-state index contributed by atoms with van der Waals surface area (Å²) in [5, 5.41) is 0. The van der Waals surface area contributed by atoms with Crippen molar-refractivity contribution in [3.05, 3.63) is 42.8 Å². The van der Waals surface area contributed by atoms with Gasteiger partial charge in [0.2, 0.25) is 0 Å². The summed E-state index contributed by atoms with van der Waals surface area (Å²) < 4.78 is 11.1. The van der Waals surface area contributed by atoms with Gasteiger partial charge in [-0.05, 0) is 12.0 Å². The smallest absolute Gasteiger partial charge is 0.104 e. The molecule has 0 saturated carbocycles. The normalized spacial score (nSPS) is 20.7. The largest absolute Gasteiger partial charge is 0.371 e. The van der Waals surface area contributed by atoms with Gasteiger partial charge < -0.3 is 9.47 Å². The number of rotatable bonds is 7. The predicted octanol–water partition coefficient (Wildman–Crippen LogP) is 3.15. The quantitative estimate of drug-likeness (QED) is 0.657. The van der Waals surface area contributed by atoms with Gasteiger partial charge in [-0.15, -0.1) is 0 Å². The standard InChI is InChI=1S/C14H19O2/c1-2-3-9-14(16-11-13-10-15-13)12-7-5-4-6-8-12/h4-8,13-14H,1-3,9-11H2. The van der Waals surface area contributed by atoms with Gasteiger partial charge in [-0.2, -0.15) is 0 Å². The van der Waals surface area contributed by atoms with E-state index in [9.17, 15) is 0 Å². The minimum absolute atomic E-state index is 0.201. The zero-order chi connectivity index (χ0) is 11.2. The van der Waals surface area contributed by atoms with Crippen molar-refractivity contribution in [1.29, 1.82) is 0 Å². The molecule has 0 spiro atoms. The van der Waals surface area contributed by atoms with Crippen LogP contribution in [0.5, 0.6) is 0 Å². The molecule has 16 heavy (non-hydrogen) atoms. The first-order chi connectivity index (χ1) is 7.90. The Hall–Kier alpha value is -0.860. The lowest BCUT2D eigenvalue weighted by molar-refractivity contribution is 0.0352. The van der Waals surface area contributed by atoms with E-state index in [0.29, 0.717) is 6.10 Å². The van der Waals surface area contributed by atoms with Crippen molar-refractivity contribution < 1.29 is 9.47 Å². The minimum Gasteiger partial charge on any atom is -0.371 e. The molecule has 87 valence electrons. The maximum absolute atomic E-state index is 5.90. The number of hydrogen-bond donors (Lipinski definition) is 0. The Morgan fingerprint density at radius 3 is 2.75 bits per heavy atom. The highest BCUT2D eigenvalue weighted by Crippen LogP contribution is 2.25. The summed E-state index contributed by atoms with van der Waals surface area (Å²) in [5.41, 5.74) is 1.26. The molecule has 2 rings (SSSR count).